The van der Waals surface area contributed by atoms with Crippen LogP contribution in [0.5, 0.6) is 17.2 Å². The van der Waals surface area contributed by atoms with Crippen molar-refractivity contribution < 1.29 is 34.0 Å². The molecule has 0 radical (unpaired) electrons. The van der Waals surface area contributed by atoms with Gasteiger partial charge in [-0.15, -0.1) is 0 Å². The SMILES string of the molecule is COc1cc(O)cc(OC)c1CC(NC(=O)OCC1c2ccccc2-c2ccccc21)C(=O)O. The summed E-state index contributed by atoms with van der Waals surface area (Å²) in [7, 11) is 2.79. The first-order chi connectivity index (χ1) is 16.4. The molecule has 3 aromatic carbocycles. The fourth-order valence-corrected chi connectivity index (χ4v) is 4.36. The molecular weight excluding hydrogens is 438 g/mol. The molecule has 8 nitrogen and oxygen atoms in total. The summed E-state index contributed by atoms with van der Waals surface area (Å²) in [5.41, 5.74) is 4.72. The van der Waals surface area contributed by atoms with Gasteiger partial charge in [0.25, 0.3) is 0 Å². The van der Waals surface area contributed by atoms with E-state index in [9.17, 15) is 19.8 Å². The van der Waals surface area contributed by atoms with Crippen LogP contribution in [0.4, 0.5) is 4.79 Å². The zero-order valence-corrected chi connectivity index (χ0v) is 18.8. The second-order valence-electron chi connectivity index (χ2n) is 7.89. The number of phenols is 1. The van der Waals surface area contributed by atoms with Gasteiger partial charge in [-0.1, -0.05) is 48.5 Å². The number of aromatic hydroxyl groups is 1. The number of rotatable bonds is 8. The molecule has 34 heavy (non-hydrogen) atoms. The predicted molar refractivity (Wildman–Crippen MR) is 125 cm³/mol. The summed E-state index contributed by atoms with van der Waals surface area (Å²) in [6, 6.07) is 17.3. The van der Waals surface area contributed by atoms with E-state index in [0.29, 0.717) is 5.56 Å². The molecule has 1 amide bonds. The molecule has 0 saturated carbocycles. The third-order valence-electron chi connectivity index (χ3n) is 5.93. The highest BCUT2D eigenvalue weighted by Crippen LogP contribution is 2.44. The van der Waals surface area contributed by atoms with Gasteiger partial charge >= 0.3 is 12.1 Å². The van der Waals surface area contributed by atoms with Crippen LogP contribution in [-0.2, 0) is 16.0 Å². The van der Waals surface area contributed by atoms with Gasteiger partial charge in [-0.05, 0) is 22.3 Å². The number of aliphatic carboxylic acids is 1. The van der Waals surface area contributed by atoms with Crippen molar-refractivity contribution in [3.05, 3.63) is 77.4 Å². The number of nitrogens with one attached hydrogen (secondary N) is 1. The first-order valence-corrected chi connectivity index (χ1v) is 10.7. The number of benzene rings is 3. The Morgan fingerprint density at radius 1 is 0.941 bits per heavy atom. The summed E-state index contributed by atoms with van der Waals surface area (Å²) in [5, 5.41) is 21.9. The van der Waals surface area contributed by atoms with E-state index in [0.717, 1.165) is 22.3 Å². The minimum atomic E-state index is -1.30. The molecule has 176 valence electrons. The smallest absolute Gasteiger partial charge is 0.407 e. The Bertz CT molecular complexity index is 1150. The predicted octanol–water partition coefficient (Wildman–Crippen LogP) is 3.94. The van der Waals surface area contributed by atoms with Gasteiger partial charge in [-0.3, -0.25) is 0 Å². The lowest BCUT2D eigenvalue weighted by Gasteiger charge is -2.20. The number of methoxy groups -OCH3 is 2. The minimum Gasteiger partial charge on any atom is -0.508 e. The van der Waals surface area contributed by atoms with Crippen molar-refractivity contribution in [2.24, 2.45) is 0 Å². The molecule has 3 aromatic rings. The number of hydrogen-bond acceptors (Lipinski definition) is 6. The van der Waals surface area contributed by atoms with Gasteiger partial charge in [0.2, 0.25) is 0 Å². The number of carboxylic acid groups (broad SMARTS) is 1. The average molecular weight is 463 g/mol. The number of hydrogen-bond donors (Lipinski definition) is 3. The normalized spacial score (nSPS) is 12.9. The fraction of sp³-hybridized carbons (Fsp3) is 0.231. The lowest BCUT2D eigenvalue weighted by Crippen LogP contribution is -2.43. The molecule has 0 aliphatic heterocycles. The maximum atomic E-state index is 12.6. The molecule has 0 bridgehead atoms. The number of carboxylic acids is 1. The summed E-state index contributed by atoms with van der Waals surface area (Å²) < 4.78 is 16.0. The Kier molecular flexibility index (Phi) is 6.58. The van der Waals surface area contributed by atoms with Gasteiger partial charge in [-0.2, -0.15) is 0 Å². The molecular formula is C26H25NO7. The Hall–Kier alpha value is -4.20. The van der Waals surface area contributed by atoms with Crippen LogP contribution in [-0.4, -0.2) is 49.1 Å². The topological polar surface area (TPSA) is 114 Å². The molecule has 0 fully saturated rings. The van der Waals surface area contributed by atoms with Crippen molar-refractivity contribution in [1.29, 1.82) is 0 Å². The quantitative estimate of drug-likeness (QED) is 0.464. The van der Waals surface area contributed by atoms with Crippen molar-refractivity contribution in [3.8, 4) is 28.4 Å². The van der Waals surface area contributed by atoms with Gasteiger partial charge in [0, 0.05) is 30.0 Å². The molecule has 1 aliphatic carbocycles. The Morgan fingerprint density at radius 2 is 1.47 bits per heavy atom. The third-order valence-corrected chi connectivity index (χ3v) is 5.93. The van der Waals surface area contributed by atoms with Gasteiger partial charge in [0.05, 0.1) is 14.2 Å². The highest BCUT2D eigenvalue weighted by Gasteiger charge is 2.30. The summed E-state index contributed by atoms with van der Waals surface area (Å²) in [4.78, 5) is 24.5. The molecule has 1 unspecified atom stereocenters. The highest BCUT2D eigenvalue weighted by molar-refractivity contribution is 5.81. The second-order valence-corrected chi connectivity index (χ2v) is 7.89. The lowest BCUT2D eigenvalue weighted by atomic mass is 9.98. The van der Waals surface area contributed by atoms with E-state index in [1.165, 1.54) is 26.4 Å². The van der Waals surface area contributed by atoms with Crippen LogP contribution in [0.1, 0.15) is 22.6 Å². The second kappa shape index (κ2) is 9.74. The van der Waals surface area contributed by atoms with E-state index in [-0.39, 0.29) is 36.2 Å². The monoisotopic (exact) mass is 463 g/mol. The lowest BCUT2D eigenvalue weighted by molar-refractivity contribution is -0.139. The zero-order valence-electron chi connectivity index (χ0n) is 18.8. The largest absolute Gasteiger partial charge is 0.508 e. The Balaban J connectivity index is 1.48. The zero-order chi connectivity index (χ0) is 24.2. The van der Waals surface area contributed by atoms with E-state index in [1.807, 2.05) is 48.5 Å². The van der Waals surface area contributed by atoms with Crippen LogP contribution in [0.3, 0.4) is 0 Å². The van der Waals surface area contributed by atoms with E-state index < -0.39 is 18.1 Å². The highest BCUT2D eigenvalue weighted by atomic mass is 16.5. The average Bonchev–Trinajstić information content (AvgIpc) is 3.16. The number of amides is 1. The van der Waals surface area contributed by atoms with Gasteiger partial charge in [0.1, 0.15) is 29.9 Å². The fourth-order valence-electron chi connectivity index (χ4n) is 4.36. The van der Waals surface area contributed by atoms with Crippen LogP contribution in [0, 0.1) is 0 Å². The number of carbonyl (C=O) groups is 2. The minimum absolute atomic E-state index is 0.0675. The molecule has 1 atom stereocenters. The van der Waals surface area contributed by atoms with Crippen molar-refractivity contribution in [1.82, 2.24) is 5.32 Å². The molecule has 0 aromatic heterocycles. The standard InChI is InChI=1S/C26H25NO7/c1-32-23-11-15(28)12-24(33-2)20(23)13-22(25(29)30)27-26(31)34-14-21-18-9-5-3-7-16(18)17-8-4-6-10-19(17)21/h3-12,21-22,28H,13-14H2,1-2H3,(H,27,31)(H,29,30). The van der Waals surface area contributed by atoms with Gasteiger partial charge in [-0.25, -0.2) is 9.59 Å². The maximum absolute atomic E-state index is 12.6. The number of carbonyl (C=O) groups excluding carboxylic acids is 1. The first kappa shape index (κ1) is 23.0. The number of ether oxygens (including phenoxy) is 3. The van der Waals surface area contributed by atoms with Crippen LogP contribution >= 0.6 is 0 Å². The maximum Gasteiger partial charge on any atom is 0.407 e. The molecule has 3 N–H and O–H groups in total. The molecule has 4 rings (SSSR count). The van der Waals surface area contributed by atoms with Crippen molar-refractivity contribution >= 4 is 12.1 Å². The van der Waals surface area contributed by atoms with Crippen LogP contribution in [0.25, 0.3) is 11.1 Å². The van der Waals surface area contributed by atoms with Crippen LogP contribution < -0.4 is 14.8 Å². The molecule has 1 aliphatic rings. The van der Waals surface area contributed by atoms with Crippen molar-refractivity contribution in [2.45, 2.75) is 18.4 Å². The van der Waals surface area contributed by atoms with Crippen molar-refractivity contribution in [2.75, 3.05) is 20.8 Å². The summed E-state index contributed by atoms with van der Waals surface area (Å²) >= 11 is 0. The van der Waals surface area contributed by atoms with Crippen molar-refractivity contribution in [3.63, 3.8) is 0 Å². The molecule has 8 heteroatoms. The summed E-state index contributed by atoms with van der Waals surface area (Å²) in [6.07, 6.45) is -0.974. The van der Waals surface area contributed by atoms with E-state index in [4.69, 9.17) is 14.2 Å². The van der Waals surface area contributed by atoms with Gasteiger partial charge in [0.15, 0.2) is 0 Å². The van der Waals surface area contributed by atoms with E-state index >= 15 is 0 Å². The Labute approximate surface area is 196 Å². The number of alkyl carbamates (subject to hydrolysis) is 1. The molecule has 0 heterocycles. The van der Waals surface area contributed by atoms with Crippen LogP contribution in [0.2, 0.25) is 0 Å². The molecule has 0 spiro atoms. The summed E-state index contributed by atoms with van der Waals surface area (Å²) in [6.45, 7) is 0.0675. The number of phenolic OH excluding ortho intramolecular Hbond substituents is 1. The first-order valence-electron chi connectivity index (χ1n) is 10.7. The van der Waals surface area contributed by atoms with E-state index in [2.05, 4.69) is 5.32 Å². The number of fused-ring (bicyclic) bond motifs is 3. The van der Waals surface area contributed by atoms with Gasteiger partial charge < -0.3 is 29.7 Å². The molecule has 0 saturated heterocycles. The van der Waals surface area contributed by atoms with E-state index in [1.54, 1.807) is 0 Å². The van der Waals surface area contributed by atoms with Crippen LogP contribution in [0.15, 0.2) is 60.7 Å². The Morgan fingerprint density at radius 3 is 1.97 bits per heavy atom. The third kappa shape index (κ3) is 4.47. The summed E-state index contributed by atoms with van der Waals surface area (Å²) in [5.74, 6) is -0.979.